The van der Waals surface area contributed by atoms with E-state index in [1.165, 1.54) is 0 Å². The fourth-order valence-corrected chi connectivity index (χ4v) is 6.07. The van der Waals surface area contributed by atoms with Crippen LogP contribution in [0.5, 0.6) is 0 Å². The lowest BCUT2D eigenvalue weighted by Crippen LogP contribution is -2.00. The van der Waals surface area contributed by atoms with Crippen LogP contribution in [0.1, 0.15) is 12.0 Å². The standard InChI is InChI=1S/C42H31N3O2/c1-6-29(35-12-4-16-43-26-35)20-32(9-1)38-23-39(33-10-2-7-30(21-33)36-13-5-17-44-27-36)25-40(24-38)34-11-3-8-31(22-34)37-14-15-41(45-28-37)42-46-18-19-47-42/h1-17,20-28,42H,18-19H2. The molecule has 1 saturated heterocycles. The van der Waals surface area contributed by atoms with Gasteiger partial charge in [-0.05, 0) is 105 Å². The number of aromatic nitrogens is 3. The van der Waals surface area contributed by atoms with E-state index < -0.39 is 0 Å². The summed E-state index contributed by atoms with van der Waals surface area (Å²) in [5.41, 5.74) is 14.2. The number of hydrogen-bond donors (Lipinski definition) is 0. The molecule has 1 fully saturated rings. The summed E-state index contributed by atoms with van der Waals surface area (Å²) in [7, 11) is 0. The predicted molar refractivity (Wildman–Crippen MR) is 187 cm³/mol. The van der Waals surface area contributed by atoms with Gasteiger partial charge in [-0.2, -0.15) is 0 Å². The average molecular weight is 610 g/mol. The fraction of sp³-hybridized carbons (Fsp3) is 0.0714. The fourth-order valence-electron chi connectivity index (χ4n) is 6.07. The molecule has 5 nitrogen and oxygen atoms in total. The first-order valence-electron chi connectivity index (χ1n) is 15.7. The van der Waals surface area contributed by atoms with Crippen LogP contribution in [-0.2, 0) is 9.47 Å². The van der Waals surface area contributed by atoms with Gasteiger partial charge < -0.3 is 9.47 Å². The van der Waals surface area contributed by atoms with E-state index in [4.69, 9.17) is 9.47 Å². The Balaban J connectivity index is 1.22. The molecule has 0 amide bonds. The number of hydrogen-bond acceptors (Lipinski definition) is 5. The van der Waals surface area contributed by atoms with Gasteiger partial charge in [0.05, 0.1) is 18.9 Å². The lowest BCUT2D eigenvalue weighted by Gasteiger charge is -2.14. The number of nitrogens with zero attached hydrogens (tertiary/aromatic N) is 3. The van der Waals surface area contributed by atoms with Crippen LogP contribution in [0, 0.1) is 0 Å². The van der Waals surface area contributed by atoms with Crippen LogP contribution in [0.4, 0.5) is 0 Å². The van der Waals surface area contributed by atoms with Crippen LogP contribution < -0.4 is 0 Å². The van der Waals surface area contributed by atoms with Gasteiger partial charge in [0.2, 0.25) is 6.29 Å². The molecular formula is C42H31N3O2. The van der Waals surface area contributed by atoms with Gasteiger partial charge in [0, 0.05) is 47.7 Å². The Morgan fingerprint density at radius 2 is 0.766 bits per heavy atom. The highest BCUT2D eigenvalue weighted by atomic mass is 16.7. The van der Waals surface area contributed by atoms with Crippen molar-refractivity contribution in [3.05, 3.63) is 164 Å². The molecule has 5 heteroatoms. The SMILES string of the molecule is c1cncc(-c2cccc(-c3cc(-c4cccc(-c5cccnc5)c4)cc(-c4cccc(-c5ccc(C6OCCO6)nc5)c4)c3)c2)c1. The summed E-state index contributed by atoms with van der Waals surface area (Å²) in [5, 5.41) is 0. The first-order valence-corrected chi connectivity index (χ1v) is 15.7. The first-order chi connectivity index (χ1) is 23.3. The molecule has 0 N–H and O–H groups in total. The maximum absolute atomic E-state index is 5.63. The van der Waals surface area contributed by atoms with E-state index in [-0.39, 0.29) is 6.29 Å². The average Bonchev–Trinajstić information content (AvgIpc) is 3.71. The molecule has 1 aliphatic heterocycles. The van der Waals surface area contributed by atoms with E-state index in [2.05, 4.69) is 124 Å². The summed E-state index contributed by atoms with van der Waals surface area (Å²) >= 11 is 0. The zero-order valence-corrected chi connectivity index (χ0v) is 25.7. The van der Waals surface area contributed by atoms with Crippen molar-refractivity contribution >= 4 is 0 Å². The molecule has 226 valence electrons. The summed E-state index contributed by atoms with van der Waals surface area (Å²) in [6.45, 7) is 1.19. The maximum atomic E-state index is 5.63. The zero-order valence-electron chi connectivity index (χ0n) is 25.7. The Hall–Kier alpha value is -5.75. The second-order valence-electron chi connectivity index (χ2n) is 11.6. The lowest BCUT2D eigenvalue weighted by atomic mass is 9.90. The van der Waals surface area contributed by atoms with E-state index >= 15 is 0 Å². The van der Waals surface area contributed by atoms with Crippen molar-refractivity contribution in [3.8, 4) is 66.8 Å². The number of benzene rings is 4. The van der Waals surface area contributed by atoms with Gasteiger partial charge in [-0.15, -0.1) is 0 Å². The molecule has 1 aliphatic rings. The normalized spacial score (nSPS) is 13.1. The van der Waals surface area contributed by atoms with Gasteiger partial charge in [0.1, 0.15) is 0 Å². The maximum Gasteiger partial charge on any atom is 0.201 e. The summed E-state index contributed by atoms with van der Waals surface area (Å²) in [6, 6.07) is 45.1. The molecule has 47 heavy (non-hydrogen) atoms. The number of rotatable bonds is 7. The minimum absolute atomic E-state index is 0.384. The molecule has 0 bridgehead atoms. The van der Waals surface area contributed by atoms with Crippen molar-refractivity contribution in [3.63, 3.8) is 0 Å². The van der Waals surface area contributed by atoms with Crippen LogP contribution in [0.15, 0.2) is 158 Å². The minimum Gasteiger partial charge on any atom is -0.345 e. The van der Waals surface area contributed by atoms with Gasteiger partial charge in [-0.3, -0.25) is 15.0 Å². The summed E-state index contributed by atoms with van der Waals surface area (Å²) in [6.07, 6.45) is 8.94. The monoisotopic (exact) mass is 609 g/mol. The minimum atomic E-state index is -0.384. The zero-order chi connectivity index (χ0) is 31.4. The van der Waals surface area contributed by atoms with Crippen LogP contribution in [-0.4, -0.2) is 28.2 Å². The highest BCUT2D eigenvalue weighted by molar-refractivity contribution is 5.85. The molecule has 8 rings (SSSR count). The van der Waals surface area contributed by atoms with E-state index in [1.807, 2.05) is 36.8 Å². The molecule has 0 atom stereocenters. The highest BCUT2D eigenvalue weighted by Crippen LogP contribution is 2.37. The van der Waals surface area contributed by atoms with Crippen LogP contribution in [0.25, 0.3) is 66.8 Å². The summed E-state index contributed by atoms with van der Waals surface area (Å²) in [5.74, 6) is 0. The van der Waals surface area contributed by atoms with Crippen molar-refractivity contribution < 1.29 is 9.47 Å². The molecule has 4 aromatic carbocycles. The Labute approximate surface area is 274 Å². The van der Waals surface area contributed by atoms with Crippen LogP contribution in [0.3, 0.4) is 0 Å². The van der Waals surface area contributed by atoms with E-state index in [0.29, 0.717) is 13.2 Å². The molecule has 0 aliphatic carbocycles. The van der Waals surface area contributed by atoms with Crippen molar-refractivity contribution in [1.29, 1.82) is 0 Å². The quantitative estimate of drug-likeness (QED) is 0.180. The molecular weight excluding hydrogens is 578 g/mol. The van der Waals surface area contributed by atoms with Gasteiger partial charge in [0.25, 0.3) is 0 Å². The number of pyridine rings is 3. The Bertz CT molecular complexity index is 2040. The molecule has 4 heterocycles. The van der Waals surface area contributed by atoms with Gasteiger partial charge in [-0.1, -0.05) is 72.8 Å². The topological polar surface area (TPSA) is 57.1 Å². The van der Waals surface area contributed by atoms with Crippen molar-refractivity contribution in [2.75, 3.05) is 13.2 Å². The third-order valence-corrected chi connectivity index (χ3v) is 8.49. The third kappa shape index (κ3) is 6.23. The molecule has 0 unspecified atom stereocenters. The molecule has 3 aromatic heterocycles. The smallest absolute Gasteiger partial charge is 0.201 e. The van der Waals surface area contributed by atoms with Crippen molar-refractivity contribution in [2.24, 2.45) is 0 Å². The third-order valence-electron chi connectivity index (χ3n) is 8.49. The van der Waals surface area contributed by atoms with Gasteiger partial charge >= 0.3 is 0 Å². The van der Waals surface area contributed by atoms with Crippen LogP contribution >= 0.6 is 0 Å². The van der Waals surface area contributed by atoms with Crippen molar-refractivity contribution in [2.45, 2.75) is 6.29 Å². The second kappa shape index (κ2) is 12.9. The van der Waals surface area contributed by atoms with E-state index in [0.717, 1.165) is 72.5 Å². The largest absolute Gasteiger partial charge is 0.345 e. The van der Waals surface area contributed by atoms with E-state index in [9.17, 15) is 0 Å². The van der Waals surface area contributed by atoms with E-state index in [1.54, 1.807) is 12.4 Å². The Kier molecular flexibility index (Phi) is 7.90. The van der Waals surface area contributed by atoms with Crippen molar-refractivity contribution in [1.82, 2.24) is 15.0 Å². The summed E-state index contributed by atoms with van der Waals surface area (Å²) in [4.78, 5) is 13.3. The first kappa shape index (κ1) is 28.7. The van der Waals surface area contributed by atoms with Crippen LogP contribution in [0.2, 0.25) is 0 Å². The van der Waals surface area contributed by atoms with Gasteiger partial charge in [0.15, 0.2) is 0 Å². The highest BCUT2D eigenvalue weighted by Gasteiger charge is 2.19. The molecule has 0 spiro atoms. The molecule has 0 radical (unpaired) electrons. The summed E-state index contributed by atoms with van der Waals surface area (Å²) < 4.78 is 11.3. The molecule has 0 saturated carbocycles. The van der Waals surface area contributed by atoms with Gasteiger partial charge in [-0.25, -0.2) is 0 Å². The predicted octanol–water partition coefficient (Wildman–Crippen LogP) is 9.92. The number of ether oxygens (including phenoxy) is 2. The second-order valence-corrected chi connectivity index (χ2v) is 11.6. The Morgan fingerprint density at radius 1 is 0.383 bits per heavy atom. The lowest BCUT2D eigenvalue weighted by molar-refractivity contribution is -0.0472. The molecule has 7 aromatic rings. The Morgan fingerprint density at radius 3 is 1.15 bits per heavy atom.